The summed E-state index contributed by atoms with van der Waals surface area (Å²) >= 11 is 1.35. The van der Waals surface area contributed by atoms with E-state index < -0.39 is 11.8 Å². The number of benzene rings is 4. The lowest BCUT2D eigenvalue weighted by Gasteiger charge is -2.13. The molecule has 4 aromatic carbocycles. The van der Waals surface area contributed by atoms with E-state index in [1.165, 1.54) is 18.9 Å². The summed E-state index contributed by atoms with van der Waals surface area (Å²) in [6, 6.07) is 28.6. The van der Waals surface area contributed by atoms with Crippen LogP contribution < -0.4 is 30.3 Å². The zero-order valence-electron chi connectivity index (χ0n) is 24.9. The molecule has 0 aliphatic carbocycles. The number of hydrogen-bond donors (Lipinski definition) is 3. The van der Waals surface area contributed by atoms with Crippen molar-refractivity contribution in [1.82, 2.24) is 5.32 Å². The summed E-state index contributed by atoms with van der Waals surface area (Å²) in [5, 5.41) is 8.45. The molecule has 226 valence electrons. The average Bonchev–Trinajstić information content (AvgIpc) is 3.04. The van der Waals surface area contributed by atoms with Crippen LogP contribution in [0.1, 0.15) is 15.9 Å². The molecular formula is C34H34N4O5S. The molecule has 3 N–H and O–H groups in total. The van der Waals surface area contributed by atoms with Crippen LogP contribution in [-0.2, 0) is 9.59 Å². The Labute approximate surface area is 261 Å². The first-order chi connectivity index (χ1) is 21.2. The number of carbonyl (C=O) groups is 3. The van der Waals surface area contributed by atoms with Gasteiger partial charge in [-0.15, -0.1) is 11.8 Å². The van der Waals surface area contributed by atoms with Crippen molar-refractivity contribution in [3.8, 4) is 11.5 Å². The zero-order chi connectivity index (χ0) is 31.5. The van der Waals surface area contributed by atoms with Gasteiger partial charge < -0.3 is 30.3 Å². The van der Waals surface area contributed by atoms with Gasteiger partial charge in [-0.05, 0) is 72.3 Å². The number of nitrogens with zero attached hydrogens (tertiary/aromatic N) is 1. The van der Waals surface area contributed by atoms with E-state index >= 15 is 0 Å². The Morgan fingerprint density at radius 2 is 1.52 bits per heavy atom. The van der Waals surface area contributed by atoms with Crippen molar-refractivity contribution < 1.29 is 23.9 Å². The van der Waals surface area contributed by atoms with Gasteiger partial charge in [0.1, 0.15) is 17.2 Å². The Morgan fingerprint density at radius 1 is 0.818 bits per heavy atom. The Morgan fingerprint density at radius 3 is 2.16 bits per heavy atom. The van der Waals surface area contributed by atoms with Gasteiger partial charge in [-0.1, -0.05) is 30.3 Å². The number of ether oxygens (including phenoxy) is 2. The van der Waals surface area contributed by atoms with E-state index in [1.54, 1.807) is 67.8 Å². The fraction of sp³-hybridized carbons (Fsp3) is 0.147. The third kappa shape index (κ3) is 8.89. The molecule has 0 heterocycles. The van der Waals surface area contributed by atoms with Gasteiger partial charge >= 0.3 is 0 Å². The molecule has 44 heavy (non-hydrogen) atoms. The van der Waals surface area contributed by atoms with Crippen molar-refractivity contribution in [1.29, 1.82) is 0 Å². The van der Waals surface area contributed by atoms with Crippen LogP contribution in [-0.4, -0.2) is 51.8 Å². The third-order valence-corrected chi connectivity index (χ3v) is 7.43. The quantitative estimate of drug-likeness (QED) is 0.135. The van der Waals surface area contributed by atoms with E-state index in [9.17, 15) is 14.4 Å². The second-order valence-electron chi connectivity index (χ2n) is 9.75. The standard InChI is InChI=1S/C34H34N4O5S/c1-38(2)26-14-10-23(11-15-26)20-30(37-33(40)24-8-6-5-7-9-24)34(41)35-25-12-17-28(18-13-25)44-22-32(39)36-29-19-16-27(42-3)21-31(29)43-4/h5-21H,22H2,1-4H3,(H,35,41)(H,36,39)(H,37,40)/b30-20-. The monoisotopic (exact) mass is 610 g/mol. The molecule has 0 fully saturated rings. The van der Waals surface area contributed by atoms with Crippen LogP contribution in [0.25, 0.3) is 6.08 Å². The van der Waals surface area contributed by atoms with Crippen LogP contribution in [0.5, 0.6) is 11.5 Å². The largest absolute Gasteiger partial charge is 0.497 e. The summed E-state index contributed by atoms with van der Waals surface area (Å²) in [5.74, 6) is 0.237. The number of nitrogens with one attached hydrogen (secondary N) is 3. The second-order valence-corrected chi connectivity index (χ2v) is 10.8. The van der Waals surface area contributed by atoms with Gasteiger partial charge in [0, 0.05) is 42.0 Å². The van der Waals surface area contributed by atoms with Crippen molar-refractivity contribution in [2.24, 2.45) is 0 Å². The number of anilines is 3. The molecule has 0 saturated carbocycles. The SMILES string of the molecule is COc1ccc(NC(=O)CSc2ccc(NC(=O)/C(=C/c3ccc(N(C)C)cc3)NC(=O)c3ccccc3)cc2)c(OC)c1. The van der Waals surface area contributed by atoms with Gasteiger partial charge in [0.15, 0.2) is 0 Å². The predicted molar refractivity (Wildman–Crippen MR) is 177 cm³/mol. The maximum atomic E-state index is 13.3. The topological polar surface area (TPSA) is 109 Å². The number of carbonyl (C=O) groups excluding carboxylic acids is 3. The summed E-state index contributed by atoms with van der Waals surface area (Å²) in [6.07, 6.45) is 1.64. The van der Waals surface area contributed by atoms with Crippen LogP contribution in [0, 0.1) is 0 Å². The molecular weight excluding hydrogens is 576 g/mol. The Balaban J connectivity index is 1.41. The second kappa shape index (κ2) is 15.3. The van der Waals surface area contributed by atoms with E-state index in [2.05, 4.69) is 16.0 Å². The van der Waals surface area contributed by atoms with Gasteiger partial charge in [0.05, 0.1) is 25.7 Å². The minimum Gasteiger partial charge on any atom is -0.497 e. The summed E-state index contributed by atoms with van der Waals surface area (Å²) in [6.45, 7) is 0. The Bertz CT molecular complexity index is 1620. The van der Waals surface area contributed by atoms with Crippen LogP contribution in [0.3, 0.4) is 0 Å². The van der Waals surface area contributed by atoms with Crippen LogP contribution >= 0.6 is 11.8 Å². The maximum absolute atomic E-state index is 13.3. The lowest BCUT2D eigenvalue weighted by molar-refractivity contribution is -0.114. The number of rotatable bonds is 12. The van der Waals surface area contributed by atoms with E-state index in [4.69, 9.17) is 9.47 Å². The molecule has 4 aromatic rings. The molecule has 0 saturated heterocycles. The molecule has 0 aliphatic heterocycles. The minimum atomic E-state index is -0.473. The van der Waals surface area contributed by atoms with Crippen molar-refractivity contribution in [3.05, 3.63) is 114 Å². The van der Waals surface area contributed by atoms with Crippen LogP contribution in [0.4, 0.5) is 17.1 Å². The number of amides is 3. The van der Waals surface area contributed by atoms with E-state index in [-0.39, 0.29) is 17.4 Å². The number of hydrogen-bond acceptors (Lipinski definition) is 7. The molecule has 0 spiro atoms. The summed E-state index contributed by atoms with van der Waals surface area (Å²) < 4.78 is 10.5. The first kappa shape index (κ1) is 31.7. The highest BCUT2D eigenvalue weighted by Crippen LogP contribution is 2.29. The first-order valence-electron chi connectivity index (χ1n) is 13.7. The summed E-state index contributed by atoms with van der Waals surface area (Å²) in [7, 11) is 6.98. The zero-order valence-corrected chi connectivity index (χ0v) is 25.7. The van der Waals surface area contributed by atoms with Crippen molar-refractivity contribution >= 4 is 52.6 Å². The van der Waals surface area contributed by atoms with Gasteiger partial charge in [-0.3, -0.25) is 14.4 Å². The fourth-order valence-corrected chi connectivity index (χ4v) is 4.75. The van der Waals surface area contributed by atoms with E-state index in [1.807, 2.05) is 61.5 Å². The highest BCUT2D eigenvalue weighted by molar-refractivity contribution is 8.00. The first-order valence-corrected chi connectivity index (χ1v) is 14.7. The molecule has 0 atom stereocenters. The fourth-order valence-electron chi connectivity index (χ4n) is 4.05. The molecule has 10 heteroatoms. The van der Waals surface area contributed by atoms with Crippen molar-refractivity contribution in [3.63, 3.8) is 0 Å². The number of thioether (sulfide) groups is 1. The Hall–Kier alpha value is -5.22. The molecule has 4 rings (SSSR count). The molecule has 0 radical (unpaired) electrons. The lowest BCUT2D eigenvalue weighted by atomic mass is 10.1. The molecule has 0 unspecified atom stereocenters. The molecule has 9 nitrogen and oxygen atoms in total. The van der Waals surface area contributed by atoms with Crippen LogP contribution in [0.15, 0.2) is 108 Å². The third-order valence-electron chi connectivity index (χ3n) is 6.41. The summed E-state index contributed by atoms with van der Waals surface area (Å²) in [5.41, 5.74) is 3.39. The Kier molecular flexibility index (Phi) is 11.0. The van der Waals surface area contributed by atoms with E-state index in [0.29, 0.717) is 28.4 Å². The smallest absolute Gasteiger partial charge is 0.272 e. The number of methoxy groups -OCH3 is 2. The predicted octanol–water partition coefficient (Wildman–Crippen LogP) is 5.91. The van der Waals surface area contributed by atoms with Crippen molar-refractivity contribution in [2.75, 3.05) is 49.6 Å². The highest BCUT2D eigenvalue weighted by atomic mass is 32.2. The van der Waals surface area contributed by atoms with Gasteiger partial charge in [0.2, 0.25) is 5.91 Å². The minimum absolute atomic E-state index is 0.0977. The highest BCUT2D eigenvalue weighted by Gasteiger charge is 2.16. The normalized spacial score (nSPS) is 10.9. The molecule has 0 aromatic heterocycles. The molecule has 0 aliphatic rings. The van der Waals surface area contributed by atoms with Gasteiger partial charge in [-0.2, -0.15) is 0 Å². The average molecular weight is 611 g/mol. The maximum Gasteiger partial charge on any atom is 0.272 e. The van der Waals surface area contributed by atoms with Gasteiger partial charge in [0.25, 0.3) is 11.8 Å². The lowest BCUT2D eigenvalue weighted by Crippen LogP contribution is -2.30. The molecule has 0 bridgehead atoms. The molecule has 3 amide bonds. The van der Waals surface area contributed by atoms with Crippen molar-refractivity contribution in [2.45, 2.75) is 4.90 Å². The van der Waals surface area contributed by atoms with E-state index in [0.717, 1.165) is 16.1 Å². The van der Waals surface area contributed by atoms with Crippen LogP contribution in [0.2, 0.25) is 0 Å². The summed E-state index contributed by atoms with van der Waals surface area (Å²) in [4.78, 5) is 41.6. The van der Waals surface area contributed by atoms with Gasteiger partial charge in [-0.25, -0.2) is 0 Å².